The highest BCUT2D eigenvalue weighted by molar-refractivity contribution is 6.05. The lowest BCUT2D eigenvalue weighted by Crippen LogP contribution is -2.39. The molecule has 78 valence electrons. The van der Waals surface area contributed by atoms with Gasteiger partial charge in [-0.3, -0.25) is 19.8 Å². The minimum absolute atomic E-state index is 0.327. The van der Waals surface area contributed by atoms with Crippen molar-refractivity contribution in [1.82, 2.24) is 10.2 Å². The molecule has 1 aromatic carbocycles. The van der Waals surface area contributed by atoms with Crippen LogP contribution in [0, 0.1) is 0 Å². The van der Waals surface area contributed by atoms with E-state index in [1.54, 1.807) is 30.3 Å². The maximum absolute atomic E-state index is 11.4. The van der Waals surface area contributed by atoms with Crippen LogP contribution >= 0.6 is 0 Å². The molecule has 0 saturated carbocycles. The molecule has 0 spiro atoms. The zero-order valence-electron chi connectivity index (χ0n) is 8.14. The topological polar surface area (TPSA) is 66.5 Å². The molecule has 0 aromatic heterocycles. The van der Waals surface area contributed by atoms with Gasteiger partial charge in [0.2, 0.25) is 6.41 Å². The Morgan fingerprint density at radius 2 is 1.87 bits per heavy atom. The van der Waals surface area contributed by atoms with Crippen LogP contribution in [0.15, 0.2) is 30.3 Å². The molecule has 0 atom stereocenters. The molecule has 0 aliphatic rings. The normalized spacial score (nSPS) is 9.13. The fourth-order valence-electron chi connectivity index (χ4n) is 0.895. The van der Waals surface area contributed by atoms with Gasteiger partial charge in [0.15, 0.2) is 0 Å². The summed E-state index contributed by atoms with van der Waals surface area (Å²) in [6.07, 6.45) is 0.327. The molecule has 4 amide bonds. The second-order valence-corrected chi connectivity index (χ2v) is 2.84. The Labute approximate surface area is 86.7 Å². The van der Waals surface area contributed by atoms with Gasteiger partial charge < -0.3 is 0 Å². The SMILES string of the molecule is CN(C=O)C(=O)NC(=O)c1ccccc1. The summed E-state index contributed by atoms with van der Waals surface area (Å²) in [7, 11) is 1.26. The first-order valence-corrected chi connectivity index (χ1v) is 4.23. The number of rotatable bonds is 2. The van der Waals surface area contributed by atoms with E-state index in [1.165, 1.54) is 7.05 Å². The number of urea groups is 1. The Balaban J connectivity index is 2.65. The van der Waals surface area contributed by atoms with Crippen LogP contribution in [0.4, 0.5) is 4.79 Å². The van der Waals surface area contributed by atoms with E-state index in [1.807, 2.05) is 0 Å². The van der Waals surface area contributed by atoms with Crippen molar-refractivity contribution in [1.29, 1.82) is 0 Å². The number of benzene rings is 1. The molecule has 0 aliphatic carbocycles. The molecule has 0 unspecified atom stereocenters. The molecular formula is C10H10N2O3. The Kier molecular flexibility index (Phi) is 3.56. The predicted octanol–water partition coefficient (Wildman–Crippen LogP) is 0.625. The first-order valence-electron chi connectivity index (χ1n) is 4.23. The van der Waals surface area contributed by atoms with Crippen LogP contribution in [-0.2, 0) is 4.79 Å². The van der Waals surface area contributed by atoms with Crippen LogP contribution in [0.25, 0.3) is 0 Å². The van der Waals surface area contributed by atoms with E-state index < -0.39 is 11.9 Å². The van der Waals surface area contributed by atoms with Crippen molar-refractivity contribution in [3.63, 3.8) is 0 Å². The van der Waals surface area contributed by atoms with Crippen molar-refractivity contribution in [2.75, 3.05) is 7.05 Å². The molecule has 0 radical (unpaired) electrons. The number of hydrogen-bond acceptors (Lipinski definition) is 3. The van der Waals surface area contributed by atoms with Gasteiger partial charge >= 0.3 is 6.03 Å². The maximum atomic E-state index is 11.4. The number of carbonyl (C=O) groups is 3. The van der Waals surface area contributed by atoms with Crippen molar-refractivity contribution in [3.05, 3.63) is 35.9 Å². The van der Waals surface area contributed by atoms with E-state index in [0.29, 0.717) is 12.0 Å². The van der Waals surface area contributed by atoms with E-state index in [0.717, 1.165) is 4.90 Å². The summed E-state index contributed by atoms with van der Waals surface area (Å²) in [5.41, 5.74) is 0.366. The third-order valence-corrected chi connectivity index (χ3v) is 1.73. The summed E-state index contributed by atoms with van der Waals surface area (Å²) in [4.78, 5) is 33.5. The third kappa shape index (κ3) is 2.91. The van der Waals surface area contributed by atoms with Gasteiger partial charge in [0.05, 0.1) is 0 Å². The summed E-state index contributed by atoms with van der Waals surface area (Å²) >= 11 is 0. The van der Waals surface area contributed by atoms with Gasteiger partial charge in [-0.1, -0.05) is 18.2 Å². The number of hydrogen-bond donors (Lipinski definition) is 1. The average Bonchev–Trinajstić information content (AvgIpc) is 2.29. The smallest absolute Gasteiger partial charge is 0.278 e. The second kappa shape index (κ2) is 4.90. The molecular weight excluding hydrogens is 196 g/mol. The fourth-order valence-corrected chi connectivity index (χ4v) is 0.895. The highest BCUT2D eigenvalue weighted by atomic mass is 16.2. The second-order valence-electron chi connectivity index (χ2n) is 2.84. The molecule has 0 heterocycles. The molecule has 15 heavy (non-hydrogen) atoms. The van der Waals surface area contributed by atoms with Crippen LogP contribution in [0.3, 0.4) is 0 Å². The monoisotopic (exact) mass is 206 g/mol. The van der Waals surface area contributed by atoms with Gasteiger partial charge in [-0.05, 0) is 12.1 Å². The number of nitrogens with one attached hydrogen (secondary N) is 1. The average molecular weight is 206 g/mol. The number of carbonyl (C=O) groups excluding carboxylic acids is 3. The van der Waals surface area contributed by atoms with Gasteiger partial charge in [-0.25, -0.2) is 4.79 Å². The maximum Gasteiger partial charge on any atom is 0.330 e. The van der Waals surface area contributed by atoms with E-state index in [4.69, 9.17) is 0 Å². The van der Waals surface area contributed by atoms with Gasteiger partial charge in [0, 0.05) is 12.6 Å². The van der Waals surface area contributed by atoms with Gasteiger partial charge in [0.25, 0.3) is 5.91 Å². The fraction of sp³-hybridized carbons (Fsp3) is 0.100. The van der Waals surface area contributed by atoms with Crippen molar-refractivity contribution < 1.29 is 14.4 Å². The summed E-state index contributed by atoms with van der Waals surface area (Å²) < 4.78 is 0. The molecule has 0 fully saturated rings. The van der Waals surface area contributed by atoms with Crippen LogP contribution in [0.5, 0.6) is 0 Å². The molecule has 5 heteroatoms. The van der Waals surface area contributed by atoms with Crippen molar-refractivity contribution >= 4 is 18.3 Å². The lowest BCUT2D eigenvalue weighted by molar-refractivity contribution is -0.114. The molecule has 5 nitrogen and oxygen atoms in total. The summed E-state index contributed by atoms with van der Waals surface area (Å²) in [5.74, 6) is -0.533. The lowest BCUT2D eigenvalue weighted by Gasteiger charge is -2.09. The van der Waals surface area contributed by atoms with Crippen LogP contribution in [-0.4, -0.2) is 30.3 Å². The quantitative estimate of drug-likeness (QED) is 0.721. The number of amides is 4. The zero-order chi connectivity index (χ0) is 11.3. The van der Waals surface area contributed by atoms with Crippen LogP contribution in [0.1, 0.15) is 10.4 Å². The Morgan fingerprint density at radius 1 is 1.27 bits per heavy atom. The van der Waals surface area contributed by atoms with Crippen LogP contribution in [0.2, 0.25) is 0 Å². The first-order chi connectivity index (χ1) is 7.15. The molecule has 1 rings (SSSR count). The predicted molar refractivity (Wildman–Crippen MR) is 53.1 cm³/mol. The molecule has 0 saturated heterocycles. The van der Waals surface area contributed by atoms with Crippen molar-refractivity contribution in [2.45, 2.75) is 0 Å². The van der Waals surface area contributed by atoms with Crippen LogP contribution < -0.4 is 5.32 Å². The summed E-state index contributed by atoms with van der Waals surface area (Å²) in [6, 6.07) is 7.52. The minimum atomic E-state index is -0.751. The Morgan fingerprint density at radius 3 is 2.40 bits per heavy atom. The lowest BCUT2D eigenvalue weighted by atomic mass is 10.2. The molecule has 0 bridgehead atoms. The number of imide groups is 2. The largest absolute Gasteiger partial charge is 0.330 e. The molecule has 0 aliphatic heterocycles. The third-order valence-electron chi connectivity index (χ3n) is 1.73. The van der Waals surface area contributed by atoms with E-state index in [9.17, 15) is 14.4 Å². The van der Waals surface area contributed by atoms with E-state index in [-0.39, 0.29) is 0 Å². The van der Waals surface area contributed by atoms with Gasteiger partial charge in [-0.2, -0.15) is 0 Å². The minimum Gasteiger partial charge on any atom is -0.278 e. The molecule has 1 aromatic rings. The van der Waals surface area contributed by atoms with Crippen molar-refractivity contribution in [3.8, 4) is 0 Å². The van der Waals surface area contributed by atoms with Gasteiger partial charge in [0.1, 0.15) is 0 Å². The van der Waals surface area contributed by atoms with Gasteiger partial charge in [-0.15, -0.1) is 0 Å². The number of nitrogens with zero attached hydrogens (tertiary/aromatic N) is 1. The summed E-state index contributed by atoms with van der Waals surface area (Å²) in [5, 5.41) is 2.06. The first kappa shape index (κ1) is 10.9. The standard InChI is InChI=1S/C10H10N2O3/c1-12(7-13)10(15)11-9(14)8-5-3-2-4-6-8/h2-7H,1H3,(H,11,14,15). The highest BCUT2D eigenvalue weighted by Gasteiger charge is 2.12. The summed E-state index contributed by atoms with van der Waals surface area (Å²) in [6.45, 7) is 0. The van der Waals surface area contributed by atoms with Crippen molar-refractivity contribution in [2.24, 2.45) is 0 Å². The van der Waals surface area contributed by atoms with E-state index in [2.05, 4.69) is 5.32 Å². The van der Waals surface area contributed by atoms with E-state index >= 15 is 0 Å². The Hall–Kier alpha value is -2.17. The highest BCUT2D eigenvalue weighted by Crippen LogP contribution is 1.97. The molecule has 1 N–H and O–H groups in total. The Bertz CT molecular complexity index is 376. The zero-order valence-corrected chi connectivity index (χ0v) is 8.14.